The van der Waals surface area contributed by atoms with E-state index in [2.05, 4.69) is 0 Å². The number of nitrogens with zero attached hydrogens (tertiary/aromatic N) is 1. The van der Waals surface area contributed by atoms with E-state index in [9.17, 15) is 9.59 Å². The van der Waals surface area contributed by atoms with Crippen molar-refractivity contribution in [3.05, 3.63) is 70.8 Å². The molecule has 0 aliphatic carbocycles. The van der Waals surface area contributed by atoms with Gasteiger partial charge in [-0.3, -0.25) is 4.79 Å². The monoisotopic (exact) mass is 379 g/mol. The molecular weight excluding hydrogens is 361 g/mol. The molecule has 0 aromatic heterocycles. The predicted molar refractivity (Wildman–Crippen MR) is 99.2 cm³/mol. The molecule has 25 heavy (non-hydrogen) atoms. The molecule has 2 aromatic carbocycles. The Morgan fingerprint density at radius 3 is 1.84 bits per heavy atom. The number of amides is 1. The van der Waals surface area contributed by atoms with Gasteiger partial charge in [0.1, 0.15) is 6.61 Å². The lowest BCUT2D eigenvalue weighted by Gasteiger charge is -2.17. The smallest absolute Gasteiger partial charge is 0.338 e. The van der Waals surface area contributed by atoms with Gasteiger partial charge in [0, 0.05) is 24.4 Å². The quantitative estimate of drug-likeness (QED) is 0.537. The van der Waals surface area contributed by atoms with Crippen LogP contribution in [0.1, 0.15) is 31.8 Å². The van der Waals surface area contributed by atoms with Crippen molar-refractivity contribution in [2.45, 2.75) is 11.8 Å². The van der Waals surface area contributed by atoms with E-state index in [1.165, 1.54) is 4.90 Å². The first-order valence-corrected chi connectivity index (χ1v) is 8.84. The highest BCUT2D eigenvalue weighted by Gasteiger charge is 2.13. The van der Waals surface area contributed by atoms with Crippen LogP contribution < -0.4 is 0 Å². The summed E-state index contributed by atoms with van der Waals surface area (Å²) in [6.45, 7) is 0.430. The molecular formula is C19H19Cl2NO3. The molecule has 132 valence electrons. The Hall–Kier alpha value is -2.04. The molecule has 1 amide bonds. The van der Waals surface area contributed by atoms with Crippen LogP contribution in [0.3, 0.4) is 0 Å². The molecule has 0 radical (unpaired) electrons. The van der Waals surface area contributed by atoms with Crippen LogP contribution in [0, 0.1) is 0 Å². The third-order valence-electron chi connectivity index (χ3n) is 3.71. The van der Waals surface area contributed by atoms with E-state index in [-0.39, 0.29) is 12.5 Å². The van der Waals surface area contributed by atoms with Gasteiger partial charge in [-0.25, -0.2) is 4.79 Å². The number of halogens is 2. The van der Waals surface area contributed by atoms with Gasteiger partial charge in [-0.15, -0.1) is 23.2 Å². The molecule has 6 heteroatoms. The molecule has 0 saturated heterocycles. The molecule has 0 bridgehead atoms. The molecule has 0 fully saturated rings. The number of hydrogen-bond acceptors (Lipinski definition) is 3. The summed E-state index contributed by atoms with van der Waals surface area (Å²) in [6, 6.07) is 14.0. The average Bonchev–Trinajstić information content (AvgIpc) is 2.67. The Labute approximate surface area is 157 Å². The highest BCUT2D eigenvalue weighted by Crippen LogP contribution is 2.10. The average molecular weight is 380 g/mol. The van der Waals surface area contributed by atoms with Crippen LogP contribution in [0.4, 0.5) is 0 Å². The van der Waals surface area contributed by atoms with Crippen LogP contribution in [0.2, 0.25) is 0 Å². The zero-order valence-corrected chi connectivity index (χ0v) is 15.4. The molecule has 0 spiro atoms. The summed E-state index contributed by atoms with van der Waals surface area (Å²) in [5.41, 5.74) is 2.91. The SMILES string of the molecule is CN(CCOC(=O)c1ccc(CCl)cc1)C(=O)c1ccc(CCl)cc1. The number of alkyl halides is 2. The first-order chi connectivity index (χ1) is 12.0. The van der Waals surface area contributed by atoms with E-state index in [1.54, 1.807) is 43.4 Å². The molecule has 0 aliphatic heterocycles. The summed E-state index contributed by atoms with van der Waals surface area (Å²) < 4.78 is 5.21. The number of benzene rings is 2. The number of hydrogen-bond donors (Lipinski definition) is 0. The lowest BCUT2D eigenvalue weighted by Crippen LogP contribution is -2.30. The minimum atomic E-state index is -0.423. The highest BCUT2D eigenvalue weighted by molar-refractivity contribution is 6.17. The minimum Gasteiger partial charge on any atom is -0.460 e. The van der Waals surface area contributed by atoms with E-state index in [0.29, 0.717) is 29.4 Å². The number of ether oxygens (including phenoxy) is 1. The number of likely N-dealkylation sites (N-methyl/N-ethyl adjacent to an activating group) is 1. The van der Waals surface area contributed by atoms with Crippen molar-refractivity contribution in [3.8, 4) is 0 Å². The normalized spacial score (nSPS) is 10.4. The summed E-state index contributed by atoms with van der Waals surface area (Å²) >= 11 is 11.5. The molecule has 0 heterocycles. The van der Waals surface area contributed by atoms with E-state index in [0.717, 1.165) is 11.1 Å². The topological polar surface area (TPSA) is 46.6 Å². The second kappa shape index (κ2) is 9.44. The second-order valence-corrected chi connectivity index (χ2v) is 6.06. The van der Waals surface area contributed by atoms with Gasteiger partial charge in [0.25, 0.3) is 5.91 Å². The van der Waals surface area contributed by atoms with Crippen molar-refractivity contribution >= 4 is 35.1 Å². The van der Waals surface area contributed by atoms with Gasteiger partial charge in [0.15, 0.2) is 0 Å². The molecule has 2 rings (SSSR count). The zero-order chi connectivity index (χ0) is 18.2. The van der Waals surface area contributed by atoms with Gasteiger partial charge < -0.3 is 9.64 Å². The second-order valence-electron chi connectivity index (χ2n) is 5.52. The number of rotatable bonds is 7. The fourth-order valence-electron chi connectivity index (χ4n) is 2.15. The van der Waals surface area contributed by atoms with Gasteiger partial charge in [-0.2, -0.15) is 0 Å². The molecule has 2 aromatic rings. The van der Waals surface area contributed by atoms with E-state index >= 15 is 0 Å². The van der Waals surface area contributed by atoms with Gasteiger partial charge in [0.2, 0.25) is 0 Å². The summed E-state index contributed by atoms with van der Waals surface area (Å²) in [7, 11) is 1.67. The molecule has 4 nitrogen and oxygen atoms in total. The minimum absolute atomic E-state index is 0.123. The summed E-state index contributed by atoms with van der Waals surface area (Å²) in [4.78, 5) is 25.8. The first kappa shape index (κ1) is 19.3. The Morgan fingerprint density at radius 2 is 1.36 bits per heavy atom. The summed E-state index contributed by atoms with van der Waals surface area (Å²) in [5, 5.41) is 0. The lowest BCUT2D eigenvalue weighted by molar-refractivity contribution is 0.0452. The Balaban J connectivity index is 1.83. The maximum absolute atomic E-state index is 12.3. The van der Waals surface area contributed by atoms with Gasteiger partial charge in [-0.1, -0.05) is 24.3 Å². The molecule has 0 aliphatic rings. The van der Waals surface area contributed by atoms with E-state index < -0.39 is 5.97 Å². The maximum Gasteiger partial charge on any atom is 0.338 e. The van der Waals surface area contributed by atoms with Crippen LogP contribution in [0.15, 0.2) is 48.5 Å². The summed E-state index contributed by atoms with van der Waals surface area (Å²) in [6.07, 6.45) is 0. The van der Waals surface area contributed by atoms with E-state index in [1.807, 2.05) is 12.1 Å². The lowest BCUT2D eigenvalue weighted by atomic mass is 10.1. The van der Waals surface area contributed by atoms with Crippen molar-refractivity contribution in [2.75, 3.05) is 20.2 Å². The van der Waals surface area contributed by atoms with Crippen molar-refractivity contribution in [1.82, 2.24) is 4.90 Å². The van der Waals surface area contributed by atoms with Crippen LogP contribution in [0.5, 0.6) is 0 Å². The first-order valence-electron chi connectivity index (χ1n) is 7.77. The molecule has 0 N–H and O–H groups in total. The third-order valence-corrected chi connectivity index (χ3v) is 4.32. The molecule has 0 unspecified atom stereocenters. The van der Waals surface area contributed by atoms with Crippen molar-refractivity contribution in [1.29, 1.82) is 0 Å². The van der Waals surface area contributed by atoms with Crippen molar-refractivity contribution in [2.24, 2.45) is 0 Å². The van der Waals surface area contributed by atoms with Gasteiger partial charge in [-0.05, 0) is 35.4 Å². The van der Waals surface area contributed by atoms with Crippen LogP contribution in [-0.4, -0.2) is 37.0 Å². The standard InChI is InChI=1S/C19H19Cl2NO3/c1-22(18(23)16-6-2-14(12-20)3-7-16)10-11-25-19(24)17-8-4-15(13-21)5-9-17/h2-9H,10-13H2,1H3. The Bertz CT molecular complexity index is 714. The van der Waals surface area contributed by atoms with Crippen LogP contribution in [0.25, 0.3) is 0 Å². The fraction of sp³-hybridized carbons (Fsp3) is 0.263. The zero-order valence-electron chi connectivity index (χ0n) is 13.9. The largest absolute Gasteiger partial charge is 0.460 e. The summed E-state index contributed by atoms with van der Waals surface area (Å²) in [5.74, 6) is 0.248. The highest BCUT2D eigenvalue weighted by atomic mass is 35.5. The number of esters is 1. The number of carbonyl (C=O) groups is 2. The Kier molecular flexibility index (Phi) is 7.29. The van der Waals surface area contributed by atoms with Crippen LogP contribution >= 0.6 is 23.2 Å². The van der Waals surface area contributed by atoms with Crippen LogP contribution in [-0.2, 0) is 16.5 Å². The fourth-order valence-corrected chi connectivity index (χ4v) is 2.50. The van der Waals surface area contributed by atoms with Gasteiger partial charge in [0.05, 0.1) is 12.1 Å². The maximum atomic E-state index is 12.3. The predicted octanol–water partition coefficient (Wildman–Crippen LogP) is 4.09. The van der Waals surface area contributed by atoms with Crippen molar-refractivity contribution < 1.29 is 14.3 Å². The molecule has 0 saturated carbocycles. The van der Waals surface area contributed by atoms with E-state index in [4.69, 9.17) is 27.9 Å². The third kappa shape index (κ3) is 5.48. The van der Waals surface area contributed by atoms with Gasteiger partial charge >= 0.3 is 5.97 Å². The molecule has 0 atom stereocenters. The Morgan fingerprint density at radius 1 is 0.880 bits per heavy atom. The number of carbonyl (C=O) groups excluding carboxylic acids is 2. The van der Waals surface area contributed by atoms with Crippen molar-refractivity contribution in [3.63, 3.8) is 0 Å².